The van der Waals surface area contributed by atoms with E-state index in [0.29, 0.717) is 30.5 Å². The molecule has 4 rings (SSSR count). The highest BCUT2D eigenvalue weighted by atomic mass is 19.3. The fourth-order valence-corrected chi connectivity index (χ4v) is 3.93. The number of ketones is 1. The lowest BCUT2D eigenvalue weighted by Crippen LogP contribution is -2.11. The summed E-state index contributed by atoms with van der Waals surface area (Å²) in [5.41, 5.74) is 3.52. The van der Waals surface area contributed by atoms with Crippen LogP contribution in [0.1, 0.15) is 61.2 Å². The van der Waals surface area contributed by atoms with E-state index in [1.807, 2.05) is 19.1 Å². The number of benzene rings is 1. The van der Waals surface area contributed by atoms with Gasteiger partial charge in [-0.3, -0.25) is 14.8 Å². The second-order valence-corrected chi connectivity index (χ2v) is 7.74. The van der Waals surface area contributed by atoms with Crippen molar-refractivity contribution in [2.24, 2.45) is 0 Å². The molecule has 0 aliphatic heterocycles. The Bertz CT molecular complexity index is 1190. The zero-order chi connectivity index (χ0) is 22.1. The van der Waals surface area contributed by atoms with Gasteiger partial charge in [0, 0.05) is 35.7 Å². The van der Waals surface area contributed by atoms with E-state index in [4.69, 9.17) is 0 Å². The largest absolute Gasteiger partial charge is 0.378 e. The number of hydrogen-bond acceptors (Lipinski definition) is 4. The molecule has 0 spiro atoms. The van der Waals surface area contributed by atoms with E-state index < -0.39 is 23.8 Å². The molecule has 0 radical (unpaired) electrons. The molecule has 0 amide bonds. The van der Waals surface area contributed by atoms with Gasteiger partial charge in [-0.05, 0) is 38.0 Å². The Labute approximate surface area is 178 Å². The molecule has 0 unspecified atom stereocenters. The van der Waals surface area contributed by atoms with Crippen LogP contribution in [0.25, 0.3) is 16.5 Å². The Morgan fingerprint density at radius 2 is 1.90 bits per heavy atom. The van der Waals surface area contributed by atoms with Gasteiger partial charge in [0.2, 0.25) is 0 Å². The monoisotopic (exact) mass is 425 g/mol. The molecular weight excluding hydrogens is 403 g/mol. The van der Waals surface area contributed by atoms with Crippen molar-refractivity contribution in [3.8, 4) is 0 Å². The maximum absolute atomic E-state index is 14.6. The minimum atomic E-state index is -2.87. The number of aromatic nitrogens is 2. The topological polar surface area (TPSA) is 54.9 Å². The Hall–Kier alpha value is -3.22. The summed E-state index contributed by atoms with van der Waals surface area (Å²) >= 11 is 0. The summed E-state index contributed by atoms with van der Waals surface area (Å²) in [6, 6.07) is 7.18. The zero-order valence-corrected chi connectivity index (χ0v) is 17.3. The maximum atomic E-state index is 14.6. The van der Waals surface area contributed by atoms with Crippen LogP contribution in [0.4, 0.5) is 18.9 Å². The number of rotatable bonds is 5. The SMILES string of the molecule is Cc1nc(C2=CCC(=O)CC2)cc2c(N[C@H](C)c3cccc(C(F)F)c3F)ccnc12. The van der Waals surface area contributed by atoms with Crippen LogP contribution in [0.5, 0.6) is 0 Å². The molecular formula is C24H22F3N3O. The number of halogens is 3. The number of Topliss-reactive ketones (excluding diaryl/α,β-unsaturated/α-hetero) is 1. The summed E-state index contributed by atoms with van der Waals surface area (Å²) in [5.74, 6) is -0.682. The molecule has 31 heavy (non-hydrogen) atoms. The van der Waals surface area contributed by atoms with Gasteiger partial charge in [0.1, 0.15) is 11.6 Å². The van der Waals surface area contributed by atoms with E-state index in [1.54, 1.807) is 19.2 Å². The van der Waals surface area contributed by atoms with Crippen LogP contribution in [0.2, 0.25) is 0 Å². The minimum absolute atomic E-state index is 0.169. The summed E-state index contributed by atoms with van der Waals surface area (Å²) in [6.07, 6.45) is 2.22. The van der Waals surface area contributed by atoms with Crippen molar-refractivity contribution in [2.45, 2.75) is 45.6 Å². The molecule has 2 heterocycles. The molecule has 1 atom stereocenters. The van der Waals surface area contributed by atoms with Gasteiger partial charge in [-0.1, -0.05) is 24.3 Å². The number of hydrogen-bond donors (Lipinski definition) is 1. The number of nitrogens with one attached hydrogen (secondary N) is 1. The molecule has 0 saturated carbocycles. The second kappa shape index (κ2) is 8.49. The molecule has 0 fully saturated rings. The molecule has 4 nitrogen and oxygen atoms in total. The number of carbonyl (C=O) groups excluding carboxylic acids is 1. The zero-order valence-electron chi connectivity index (χ0n) is 17.3. The number of anilines is 1. The van der Waals surface area contributed by atoms with Crippen molar-refractivity contribution in [3.63, 3.8) is 0 Å². The highest BCUT2D eigenvalue weighted by Crippen LogP contribution is 2.33. The van der Waals surface area contributed by atoms with E-state index in [-0.39, 0.29) is 11.3 Å². The molecule has 2 aromatic heterocycles. The first-order valence-corrected chi connectivity index (χ1v) is 10.2. The van der Waals surface area contributed by atoms with Gasteiger partial charge in [-0.15, -0.1) is 0 Å². The average molecular weight is 425 g/mol. The van der Waals surface area contributed by atoms with Crippen LogP contribution >= 0.6 is 0 Å². The lowest BCUT2D eigenvalue weighted by atomic mass is 9.95. The van der Waals surface area contributed by atoms with E-state index in [2.05, 4.69) is 15.3 Å². The smallest absolute Gasteiger partial charge is 0.266 e. The van der Waals surface area contributed by atoms with E-state index in [0.717, 1.165) is 28.4 Å². The summed E-state index contributed by atoms with van der Waals surface area (Å²) in [4.78, 5) is 20.6. The minimum Gasteiger partial charge on any atom is -0.378 e. The number of pyridine rings is 2. The van der Waals surface area contributed by atoms with Gasteiger partial charge in [-0.25, -0.2) is 13.2 Å². The first-order chi connectivity index (χ1) is 14.8. The van der Waals surface area contributed by atoms with Crippen molar-refractivity contribution in [1.29, 1.82) is 0 Å². The number of nitrogens with zero attached hydrogens (tertiary/aromatic N) is 2. The Balaban J connectivity index is 1.73. The van der Waals surface area contributed by atoms with Gasteiger partial charge in [0.15, 0.2) is 0 Å². The molecule has 160 valence electrons. The number of carbonyl (C=O) groups is 1. The molecule has 1 aromatic carbocycles. The van der Waals surface area contributed by atoms with Crippen molar-refractivity contribution in [2.75, 3.05) is 5.32 Å². The van der Waals surface area contributed by atoms with Crippen LogP contribution in [0, 0.1) is 12.7 Å². The maximum Gasteiger partial charge on any atom is 0.266 e. The van der Waals surface area contributed by atoms with Crippen LogP contribution in [0.15, 0.2) is 42.6 Å². The molecule has 3 aromatic rings. The standard InChI is InChI=1S/C24H22F3N3O/c1-13(17-4-3-5-18(22(17)25)24(26)27)29-20-10-11-28-23-14(2)30-21(12-19(20)23)15-6-8-16(31)9-7-15/h3-6,10-13,24H,7-9H2,1-2H3,(H,28,29)/t13-/m1/s1. The fourth-order valence-electron chi connectivity index (χ4n) is 3.93. The molecule has 1 N–H and O–H groups in total. The van der Waals surface area contributed by atoms with Gasteiger partial charge in [-0.2, -0.15) is 0 Å². The van der Waals surface area contributed by atoms with Crippen molar-refractivity contribution in [1.82, 2.24) is 9.97 Å². The van der Waals surface area contributed by atoms with Gasteiger partial charge in [0.05, 0.1) is 28.5 Å². The van der Waals surface area contributed by atoms with Crippen molar-refractivity contribution < 1.29 is 18.0 Å². The third-order valence-electron chi connectivity index (χ3n) is 5.61. The lowest BCUT2D eigenvalue weighted by molar-refractivity contribution is -0.118. The van der Waals surface area contributed by atoms with Crippen LogP contribution in [0.3, 0.4) is 0 Å². The van der Waals surface area contributed by atoms with E-state index in [9.17, 15) is 18.0 Å². The third kappa shape index (κ3) is 4.17. The normalized spacial score (nSPS) is 15.3. The predicted molar refractivity (Wildman–Crippen MR) is 115 cm³/mol. The Morgan fingerprint density at radius 1 is 1.13 bits per heavy atom. The van der Waals surface area contributed by atoms with Crippen molar-refractivity contribution in [3.05, 3.63) is 70.9 Å². The third-order valence-corrected chi connectivity index (χ3v) is 5.61. The first kappa shape index (κ1) is 21.0. The molecule has 7 heteroatoms. The average Bonchev–Trinajstić information content (AvgIpc) is 2.74. The summed E-state index contributed by atoms with van der Waals surface area (Å²) < 4.78 is 40.8. The number of fused-ring (bicyclic) bond motifs is 1. The predicted octanol–water partition coefficient (Wildman–Crippen LogP) is 6.32. The Morgan fingerprint density at radius 3 is 2.61 bits per heavy atom. The van der Waals surface area contributed by atoms with Gasteiger partial charge in [0.25, 0.3) is 6.43 Å². The summed E-state index contributed by atoms with van der Waals surface area (Å²) in [7, 11) is 0. The van der Waals surface area contributed by atoms with Crippen LogP contribution in [-0.2, 0) is 4.79 Å². The van der Waals surface area contributed by atoms with Crippen LogP contribution in [-0.4, -0.2) is 15.8 Å². The highest BCUT2D eigenvalue weighted by molar-refractivity contribution is 5.95. The molecule has 1 aliphatic carbocycles. The highest BCUT2D eigenvalue weighted by Gasteiger charge is 2.20. The van der Waals surface area contributed by atoms with Gasteiger partial charge < -0.3 is 5.32 Å². The quantitative estimate of drug-likeness (QED) is 0.519. The molecule has 1 aliphatic rings. The van der Waals surface area contributed by atoms with Gasteiger partial charge >= 0.3 is 0 Å². The van der Waals surface area contributed by atoms with E-state index in [1.165, 1.54) is 12.1 Å². The number of alkyl halides is 2. The summed E-state index contributed by atoms with van der Waals surface area (Å²) in [6.45, 7) is 3.59. The van der Waals surface area contributed by atoms with E-state index >= 15 is 0 Å². The molecule has 0 bridgehead atoms. The van der Waals surface area contributed by atoms with Crippen LogP contribution < -0.4 is 5.32 Å². The van der Waals surface area contributed by atoms with Crippen molar-refractivity contribution >= 4 is 27.9 Å². The molecule has 0 saturated heterocycles. The first-order valence-electron chi connectivity index (χ1n) is 10.2. The summed E-state index contributed by atoms with van der Waals surface area (Å²) in [5, 5.41) is 4.05. The second-order valence-electron chi connectivity index (χ2n) is 7.74. The lowest BCUT2D eigenvalue weighted by Gasteiger charge is -2.20. The fraction of sp³-hybridized carbons (Fsp3) is 0.292. The number of aryl methyl sites for hydroxylation is 1. The number of allylic oxidation sites excluding steroid dienone is 2. The Kier molecular flexibility index (Phi) is 5.76.